The molecule has 1 atom stereocenters. The molecule has 188 valence electrons. The van der Waals surface area contributed by atoms with E-state index >= 15 is 0 Å². The van der Waals surface area contributed by atoms with Crippen LogP contribution < -0.4 is 9.88 Å². The molecular weight excluding hydrogens is 478 g/mol. The lowest BCUT2D eigenvalue weighted by Crippen LogP contribution is -2.45. The first-order valence-corrected chi connectivity index (χ1v) is 16.1. The van der Waals surface area contributed by atoms with E-state index in [1.807, 2.05) is 30.5 Å². The minimum Gasteiger partial charge on any atom is -0.490 e. The smallest absolute Gasteiger partial charge is 0.256 e. The van der Waals surface area contributed by atoms with E-state index in [0.717, 1.165) is 18.4 Å². The van der Waals surface area contributed by atoms with Gasteiger partial charge in [0, 0.05) is 29.7 Å². The number of ether oxygens (including phenoxy) is 1. The molecule has 35 heavy (non-hydrogen) atoms. The highest BCUT2D eigenvalue weighted by Gasteiger charge is 2.39. The second-order valence-electron chi connectivity index (χ2n) is 10.1. The van der Waals surface area contributed by atoms with Gasteiger partial charge in [-0.25, -0.2) is 18.5 Å². The number of nitrogens with zero attached hydrogens (tertiary/aromatic N) is 2. The molecule has 0 fully saturated rings. The molecule has 0 amide bonds. The number of nitrogens with two attached hydrogens (primary N) is 1. The van der Waals surface area contributed by atoms with Gasteiger partial charge in [0.25, 0.3) is 10.0 Å². The Morgan fingerprint density at radius 3 is 2.34 bits per heavy atom. The van der Waals surface area contributed by atoms with Crippen molar-refractivity contribution in [3.05, 3.63) is 72.7 Å². The molecule has 0 spiro atoms. The monoisotopic (exact) mass is 513 g/mol. The third-order valence-electron chi connectivity index (χ3n) is 6.39. The molecule has 2 aromatic heterocycles. The summed E-state index contributed by atoms with van der Waals surface area (Å²) in [5.74, 6) is 0.551. The number of hydrogen-bond acceptors (Lipinski definition) is 6. The van der Waals surface area contributed by atoms with E-state index < -0.39 is 18.3 Å². The van der Waals surface area contributed by atoms with E-state index in [-0.39, 0.29) is 16.2 Å². The minimum absolute atomic E-state index is 0.0531. The minimum atomic E-state index is -4.00. The third-order valence-corrected chi connectivity index (χ3v) is 11.8. The zero-order chi connectivity index (χ0) is 25.7. The summed E-state index contributed by atoms with van der Waals surface area (Å²) < 4.78 is 37.3. The van der Waals surface area contributed by atoms with Crippen molar-refractivity contribution in [2.45, 2.75) is 62.9 Å². The van der Waals surface area contributed by atoms with Crippen LogP contribution in [0.3, 0.4) is 0 Å². The number of benzene rings is 1. The summed E-state index contributed by atoms with van der Waals surface area (Å²) in [7, 11) is -6.06. The fourth-order valence-corrected chi connectivity index (χ4v) is 5.53. The van der Waals surface area contributed by atoms with E-state index in [1.165, 1.54) is 6.20 Å². The molecule has 0 aliphatic carbocycles. The molecule has 0 radical (unpaired) electrons. The summed E-state index contributed by atoms with van der Waals surface area (Å²) in [6.45, 7) is 11.4. The van der Waals surface area contributed by atoms with Crippen LogP contribution in [0.25, 0.3) is 11.1 Å². The van der Waals surface area contributed by atoms with E-state index in [2.05, 4.69) is 49.9 Å². The van der Waals surface area contributed by atoms with E-state index in [4.69, 9.17) is 14.3 Å². The molecule has 0 saturated heterocycles. The molecule has 9 heteroatoms. The quantitative estimate of drug-likeness (QED) is 0.374. The van der Waals surface area contributed by atoms with Crippen LogP contribution in [0, 0.1) is 0 Å². The van der Waals surface area contributed by atoms with Gasteiger partial charge in [0.2, 0.25) is 0 Å². The summed E-state index contributed by atoms with van der Waals surface area (Å²) in [5, 5.41) is 5.29. The van der Waals surface area contributed by atoms with Gasteiger partial charge in [0.05, 0.1) is 6.10 Å². The standard InChI is InChI=1S/C26H35N3O4SSi/c1-26(2,3)35(4,5)33-21(15-14-20-10-8-16-28-18-20)19-32-24-13-7-6-11-22(24)23-12-9-17-29-25(23)34(27,30)31/h6-13,16-18,21H,14-15,19H2,1-5H3,(H2,27,30,31)/t21-/m1/s1. The van der Waals surface area contributed by atoms with Gasteiger partial charge in [-0.1, -0.05) is 45.0 Å². The van der Waals surface area contributed by atoms with Crippen LogP contribution in [0.15, 0.2) is 72.1 Å². The Kier molecular flexibility index (Phi) is 8.48. The predicted molar refractivity (Wildman–Crippen MR) is 141 cm³/mol. The number of sulfonamides is 1. The number of primary sulfonamides is 1. The van der Waals surface area contributed by atoms with Crippen molar-refractivity contribution in [3.63, 3.8) is 0 Å². The molecule has 0 unspecified atom stereocenters. The van der Waals surface area contributed by atoms with Crippen LogP contribution in [0.2, 0.25) is 18.1 Å². The van der Waals surface area contributed by atoms with Gasteiger partial charge in [0.15, 0.2) is 13.3 Å². The van der Waals surface area contributed by atoms with Gasteiger partial charge >= 0.3 is 0 Å². The number of aryl methyl sites for hydroxylation is 1. The molecular formula is C26H35N3O4SSi. The predicted octanol–water partition coefficient (Wildman–Crippen LogP) is 5.19. The van der Waals surface area contributed by atoms with Crippen molar-refractivity contribution in [1.82, 2.24) is 9.97 Å². The summed E-state index contributed by atoms with van der Waals surface area (Å²) in [4.78, 5) is 8.22. The summed E-state index contributed by atoms with van der Waals surface area (Å²) in [6.07, 6.45) is 6.49. The number of aromatic nitrogens is 2. The Morgan fingerprint density at radius 2 is 1.69 bits per heavy atom. The molecule has 1 aromatic carbocycles. The van der Waals surface area contributed by atoms with E-state index in [1.54, 1.807) is 24.4 Å². The van der Waals surface area contributed by atoms with Gasteiger partial charge in [-0.05, 0) is 60.8 Å². The molecule has 0 aliphatic rings. The van der Waals surface area contributed by atoms with Crippen LogP contribution in [-0.2, 0) is 20.9 Å². The van der Waals surface area contributed by atoms with E-state index in [0.29, 0.717) is 23.5 Å². The van der Waals surface area contributed by atoms with Gasteiger partial charge in [-0.15, -0.1) is 0 Å². The van der Waals surface area contributed by atoms with Gasteiger partial charge in [-0.2, -0.15) is 0 Å². The van der Waals surface area contributed by atoms with Crippen LogP contribution >= 0.6 is 0 Å². The number of pyridine rings is 2. The molecule has 7 nitrogen and oxygen atoms in total. The Hall–Kier alpha value is -2.59. The maximum atomic E-state index is 12.1. The van der Waals surface area contributed by atoms with Crippen molar-refractivity contribution in [3.8, 4) is 16.9 Å². The summed E-state index contributed by atoms with van der Waals surface area (Å²) in [5.41, 5.74) is 2.16. The fourth-order valence-electron chi connectivity index (χ4n) is 3.46. The van der Waals surface area contributed by atoms with Crippen molar-refractivity contribution in [2.24, 2.45) is 5.14 Å². The van der Waals surface area contributed by atoms with Crippen LogP contribution in [-0.4, -0.2) is 39.4 Å². The Bertz CT molecular complexity index is 1230. The lowest BCUT2D eigenvalue weighted by Gasteiger charge is -2.39. The molecule has 2 heterocycles. The highest BCUT2D eigenvalue weighted by atomic mass is 32.2. The first-order valence-electron chi connectivity index (χ1n) is 11.7. The summed E-state index contributed by atoms with van der Waals surface area (Å²) in [6, 6.07) is 14.7. The molecule has 0 aliphatic heterocycles. The normalized spacial score (nSPS) is 13.4. The lowest BCUT2D eigenvalue weighted by atomic mass is 10.1. The lowest BCUT2D eigenvalue weighted by molar-refractivity contribution is 0.108. The second kappa shape index (κ2) is 11.0. The van der Waals surface area contributed by atoms with Gasteiger partial charge in [-0.3, -0.25) is 4.98 Å². The van der Waals surface area contributed by atoms with Crippen molar-refractivity contribution >= 4 is 18.3 Å². The van der Waals surface area contributed by atoms with Gasteiger partial charge in [0.1, 0.15) is 12.4 Å². The average Bonchev–Trinajstić information content (AvgIpc) is 2.80. The number of rotatable bonds is 10. The first kappa shape index (κ1) is 27.0. The SMILES string of the molecule is CC(C)(C)[Si](C)(C)O[C@H](CCc1cccnc1)COc1ccccc1-c1cccnc1S(N)(=O)=O. The van der Waals surface area contributed by atoms with Crippen LogP contribution in [0.1, 0.15) is 32.8 Å². The van der Waals surface area contributed by atoms with Crippen molar-refractivity contribution in [2.75, 3.05) is 6.61 Å². The first-order chi connectivity index (χ1) is 16.4. The number of hydrogen-bond donors (Lipinski definition) is 1. The average molecular weight is 514 g/mol. The second-order valence-corrected chi connectivity index (χ2v) is 16.3. The van der Waals surface area contributed by atoms with Gasteiger partial charge < -0.3 is 9.16 Å². The highest BCUT2D eigenvalue weighted by molar-refractivity contribution is 7.89. The molecule has 2 N–H and O–H groups in total. The molecule has 0 saturated carbocycles. The maximum Gasteiger partial charge on any atom is 0.256 e. The van der Waals surface area contributed by atoms with Crippen LogP contribution in [0.4, 0.5) is 0 Å². The van der Waals surface area contributed by atoms with Crippen LogP contribution in [0.5, 0.6) is 5.75 Å². The Labute approximate surface area is 209 Å². The molecule has 0 bridgehead atoms. The van der Waals surface area contributed by atoms with Crippen molar-refractivity contribution in [1.29, 1.82) is 0 Å². The summed E-state index contributed by atoms with van der Waals surface area (Å²) >= 11 is 0. The molecule has 3 rings (SSSR count). The highest BCUT2D eigenvalue weighted by Crippen LogP contribution is 2.38. The zero-order valence-electron chi connectivity index (χ0n) is 21.1. The topological polar surface area (TPSA) is 104 Å². The Morgan fingerprint density at radius 1 is 1.00 bits per heavy atom. The number of para-hydroxylation sites is 1. The zero-order valence-corrected chi connectivity index (χ0v) is 22.9. The molecule has 3 aromatic rings. The fraction of sp³-hybridized carbons (Fsp3) is 0.385. The third kappa shape index (κ3) is 7.20. The van der Waals surface area contributed by atoms with Crippen molar-refractivity contribution < 1.29 is 17.6 Å². The largest absolute Gasteiger partial charge is 0.490 e. The maximum absolute atomic E-state index is 12.1. The Balaban J connectivity index is 1.86. The van der Waals surface area contributed by atoms with E-state index in [9.17, 15) is 8.42 Å².